The fourth-order valence-electron chi connectivity index (χ4n) is 5.26. The van der Waals surface area contributed by atoms with Crippen molar-refractivity contribution in [3.63, 3.8) is 0 Å². The summed E-state index contributed by atoms with van der Waals surface area (Å²) < 4.78 is 0. The zero-order valence-electron chi connectivity index (χ0n) is 16.6. The van der Waals surface area contributed by atoms with Crippen LogP contribution in [0, 0.1) is 0 Å². The average molecular weight is 374 g/mol. The summed E-state index contributed by atoms with van der Waals surface area (Å²) in [5.74, 6) is 0.465. The molecule has 0 aromatic heterocycles. The van der Waals surface area contributed by atoms with E-state index >= 15 is 0 Å². The highest BCUT2D eigenvalue weighted by atomic mass is 16.1. The number of nitrogens with zero attached hydrogens (tertiary/aromatic N) is 2. The molecule has 144 valence electrons. The minimum atomic E-state index is 0.172. The molecule has 0 saturated heterocycles. The number of rotatable bonds is 5. The highest BCUT2D eigenvalue weighted by molar-refractivity contribution is 6.08. The zero-order valence-corrected chi connectivity index (χ0v) is 16.6. The fraction of sp³-hybridized carbons (Fsp3) is 0.417. The van der Waals surface area contributed by atoms with Gasteiger partial charge in [-0.1, -0.05) is 32.1 Å². The van der Waals surface area contributed by atoms with E-state index in [4.69, 9.17) is 0 Å². The van der Waals surface area contributed by atoms with E-state index in [1.165, 1.54) is 22.1 Å². The fourth-order valence-corrected chi connectivity index (χ4v) is 5.26. The van der Waals surface area contributed by atoms with Gasteiger partial charge in [-0.25, -0.2) is 0 Å². The number of anilines is 1. The normalized spacial score (nSPS) is 22.0. The number of allylic oxidation sites excluding steroid dienone is 2. The van der Waals surface area contributed by atoms with Crippen LogP contribution in [0.3, 0.4) is 0 Å². The molecule has 1 unspecified atom stereocenters. The topological polar surface area (TPSA) is 40.6 Å². The summed E-state index contributed by atoms with van der Waals surface area (Å²) in [6.45, 7) is 8.45. The largest absolute Gasteiger partial charge is 0.359 e. The number of carbonyl (C=O) groups excluding carboxylic acids is 2. The molecule has 0 N–H and O–H groups in total. The Hall–Kier alpha value is -2.46. The lowest BCUT2D eigenvalue weighted by molar-refractivity contribution is -0.114. The van der Waals surface area contributed by atoms with E-state index in [1.54, 1.807) is 0 Å². The molecule has 1 atom stereocenters. The molecule has 1 aliphatic heterocycles. The first kappa shape index (κ1) is 17.6. The predicted molar refractivity (Wildman–Crippen MR) is 112 cm³/mol. The number of Topliss-reactive ketones (excluding diaryl/α,β-unsaturated/α-hetero) is 2. The van der Waals surface area contributed by atoms with Gasteiger partial charge in [0.05, 0.1) is 6.04 Å². The van der Waals surface area contributed by atoms with Gasteiger partial charge in [-0.05, 0) is 48.0 Å². The van der Waals surface area contributed by atoms with Crippen molar-refractivity contribution in [2.45, 2.75) is 39.2 Å². The van der Waals surface area contributed by atoms with Crippen molar-refractivity contribution in [2.24, 2.45) is 0 Å². The van der Waals surface area contributed by atoms with Crippen molar-refractivity contribution >= 4 is 28.9 Å². The second kappa shape index (κ2) is 6.56. The van der Waals surface area contributed by atoms with Crippen molar-refractivity contribution in [1.82, 2.24) is 4.90 Å². The molecular formula is C24H26N2O2. The predicted octanol–water partition coefficient (Wildman–Crippen LogP) is 1.96. The summed E-state index contributed by atoms with van der Waals surface area (Å²) in [5.41, 5.74) is 5.45. The van der Waals surface area contributed by atoms with Gasteiger partial charge in [0, 0.05) is 48.0 Å². The van der Waals surface area contributed by atoms with Crippen LogP contribution in [0.25, 0.3) is 11.6 Å². The van der Waals surface area contributed by atoms with Crippen molar-refractivity contribution in [2.75, 3.05) is 31.1 Å². The first-order valence-corrected chi connectivity index (χ1v) is 10.5. The number of hydrogen-bond donors (Lipinski definition) is 0. The highest BCUT2D eigenvalue weighted by Crippen LogP contribution is 2.41. The van der Waals surface area contributed by atoms with E-state index in [0.29, 0.717) is 12.8 Å². The summed E-state index contributed by atoms with van der Waals surface area (Å²) >= 11 is 0. The third-order valence-corrected chi connectivity index (χ3v) is 6.78. The molecule has 1 aromatic carbocycles. The summed E-state index contributed by atoms with van der Waals surface area (Å²) in [4.78, 5) is 29.6. The van der Waals surface area contributed by atoms with Crippen molar-refractivity contribution in [3.05, 3.63) is 51.4 Å². The number of fused-ring (bicyclic) bond motifs is 5. The van der Waals surface area contributed by atoms with Crippen molar-refractivity contribution in [1.29, 1.82) is 0 Å². The van der Waals surface area contributed by atoms with E-state index in [9.17, 15) is 9.59 Å². The maximum absolute atomic E-state index is 12.4. The molecule has 0 fully saturated rings. The van der Waals surface area contributed by atoms with Gasteiger partial charge in [-0.2, -0.15) is 0 Å². The lowest BCUT2D eigenvalue weighted by Gasteiger charge is -2.32. The van der Waals surface area contributed by atoms with Gasteiger partial charge in [0.15, 0.2) is 11.6 Å². The minimum absolute atomic E-state index is 0.172. The van der Waals surface area contributed by atoms with E-state index < -0.39 is 0 Å². The summed E-state index contributed by atoms with van der Waals surface area (Å²) in [7, 11) is 0. The van der Waals surface area contributed by atoms with Crippen LogP contribution in [0.15, 0.2) is 35.4 Å². The summed E-state index contributed by atoms with van der Waals surface area (Å²) in [6.07, 6.45) is 8.25. The van der Waals surface area contributed by atoms with Crippen LogP contribution >= 0.6 is 0 Å². The Morgan fingerprint density at radius 2 is 1.93 bits per heavy atom. The Balaban J connectivity index is 1.68. The van der Waals surface area contributed by atoms with Crippen molar-refractivity contribution in [3.8, 4) is 0 Å². The maximum Gasteiger partial charge on any atom is 0.167 e. The number of benzene rings is 1. The first-order chi connectivity index (χ1) is 13.6. The van der Waals surface area contributed by atoms with Crippen LogP contribution < -0.4 is 15.3 Å². The molecule has 4 aliphatic rings. The van der Waals surface area contributed by atoms with Crippen molar-refractivity contribution < 1.29 is 9.59 Å². The van der Waals surface area contributed by atoms with Gasteiger partial charge < -0.3 is 9.80 Å². The van der Waals surface area contributed by atoms with Crippen LogP contribution in [0.4, 0.5) is 5.69 Å². The molecule has 4 heteroatoms. The smallest absolute Gasteiger partial charge is 0.167 e. The van der Waals surface area contributed by atoms with Crippen LogP contribution in [0.1, 0.15) is 43.5 Å². The number of likely N-dealkylation sites (N-methyl/N-ethyl adjacent to an activating group) is 1. The third-order valence-electron chi connectivity index (χ3n) is 6.78. The van der Waals surface area contributed by atoms with Gasteiger partial charge in [-0.3, -0.25) is 9.59 Å². The summed E-state index contributed by atoms with van der Waals surface area (Å²) in [5, 5.41) is 2.30. The third kappa shape index (κ3) is 2.40. The second-order valence-corrected chi connectivity index (χ2v) is 8.01. The van der Waals surface area contributed by atoms with E-state index in [1.807, 2.05) is 12.1 Å². The van der Waals surface area contributed by atoms with E-state index in [2.05, 4.69) is 41.9 Å². The van der Waals surface area contributed by atoms with Gasteiger partial charge in [-0.15, -0.1) is 0 Å². The lowest BCUT2D eigenvalue weighted by atomic mass is 9.89. The molecule has 0 bridgehead atoms. The standard InChI is InChI=1S/C24H26N2O2/c1-3-25(4-2)13-14-26-19-9-5-15-17(7-11-21(15)27)23(19)24-18-8-12-22(28)16(18)6-10-20(24)26/h5-7,9-10,20H,3-4,8,11-14H2,1-2H3. The van der Waals surface area contributed by atoms with Crippen LogP contribution in [0.5, 0.6) is 0 Å². The Labute approximate surface area is 165 Å². The molecule has 1 heterocycles. The molecule has 3 aliphatic carbocycles. The summed E-state index contributed by atoms with van der Waals surface area (Å²) in [6, 6.07) is 4.30. The Bertz CT molecular complexity index is 1070. The molecular weight excluding hydrogens is 348 g/mol. The van der Waals surface area contributed by atoms with Gasteiger partial charge in [0.25, 0.3) is 0 Å². The molecule has 5 rings (SSSR count). The number of carbonyl (C=O) groups is 2. The Morgan fingerprint density at radius 1 is 1.11 bits per heavy atom. The van der Waals surface area contributed by atoms with E-state index in [0.717, 1.165) is 49.0 Å². The minimum Gasteiger partial charge on any atom is -0.359 e. The highest BCUT2D eigenvalue weighted by Gasteiger charge is 2.38. The van der Waals surface area contributed by atoms with Crippen LogP contribution in [0.2, 0.25) is 0 Å². The first-order valence-electron chi connectivity index (χ1n) is 10.5. The SMILES string of the molecule is CCN(CC)CCN1c2ccc3c(c2=C2C4=C(C=CC21)C(=O)CC4)=CCC3=O. The molecule has 0 radical (unpaired) electrons. The monoisotopic (exact) mass is 374 g/mol. The zero-order chi connectivity index (χ0) is 19.4. The maximum atomic E-state index is 12.4. The molecule has 1 aromatic rings. The van der Waals surface area contributed by atoms with Crippen LogP contribution in [-0.2, 0) is 4.79 Å². The van der Waals surface area contributed by atoms with E-state index in [-0.39, 0.29) is 17.6 Å². The Kier molecular flexibility index (Phi) is 4.13. The molecule has 28 heavy (non-hydrogen) atoms. The lowest BCUT2D eigenvalue weighted by Crippen LogP contribution is -2.40. The van der Waals surface area contributed by atoms with Gasteiger partial charge >= 0.3 is 0 Å². The number of hydrogen-bond acceptors (Lipinski definition) is 4. The Morgan fingerprint density at radius 3 is 2.71 bits per heavy atom. The number of ketones is 2. The quantitative estimate of drug-likeness (QED) is 0.790. The molecule has 4 nitrogen and oxygen atoms in total. The van der Waals surface area contributed by atoms with Gasteiger partial charge in [0.1, 0.15) is 0 Å². The molecule has 0 saturated carbocycles. The molecule has 0 spiro atoms. The van der Waals surface area contributed by atoms with Crippen LogP contribution in [-0.4, -0.2) is 48.7 Å². The molecule has 0 amide bonds. The average Bonchev–Trinajstić information content (AvgIpc) is 3.37. The van der Waals surface area contributed by atoms with Gasteiger partial charge in [0.2, 0.25) is 0 Å². The second-order valence-electron chi connectivity index (χ2n) is 8.01.